The highest BCUT2D eigenvalue weighted by molar-refractivity contribution is 9.10. The summed E-state index contributed by atoms with van der Waals surface area (Å²) in [5.41, 5.74) is 6.65. The van der Waals surface area contributed by atoms with Crippen LogP contribution in [0.2, 0.25) is 0 Å². The third-order valence-electron chi connectivity index (χ3n) is 3.55. The summed E-state index contributed by atoms with van der Waals surface area (Å²) >= 11 is 3.39. The number of ether oxygens (including phenoxy) is 1. The number of nitrogens with two attached hydrogens (primary N) is 1. The monoisotopic (exact) mass is 363 g/mol. The highest BCUT2D eigenvalue weighted by Crippen LogP contribution is 2.28. The third kappa shape index (κ3) is 3.52. The first kappa shape index (κ1) is 15.8. The van der Waals surface area contributed by atoms with Gasteiger partial charge in [0.05, 0.1) is 29.2 Å². The Kier molecular flexibility index (Phi) is 4.73. The van der Waals surface area contributed by atoms with Gasteiger partial charge in [-0.2, -0.15) is 0 Å². The van der Waals surface area contributed by atoms with Gasteiger partial charge in [0.25, 0.3) is 0 Å². The molecule has 0 amide bonds. The van der Waals surface area contributed by atoms with Crippen LogP contribution < -0.4 is 10.5 Å². The van der Waals surface area contributed by atoms with Crippen LogP contribution in [-0.4, -0.2) is 44.3 Å². The molecule has 1 aromatic carbocycles. The van der Waals surface area contributed by atoms with Crippen molar-refractivity contribution in [3.8, 4) is 5.75 Å². The van der Waals surface area contributed by atoms with Crippen LogP contribution in [0.25, 0.3) is 0 Å². The van der Waals surface area contributed by atoms with E-state index in [1.165, 1.54) is 0 Å². The average Bonchev–Trinajstić information content (AvgIpc) is 2.35. The van der Waals surface area contributed by atoms with Crippen LogP contribution in [0.1, 0.15) is 5.56 Å². The van der Waals surface area contributed by atoms with Gasteiger partial charge in [-0.05, 0) is 40.0 Å². The molecule has 1 aromatic rings. The molecular weight excluding hydrogens is 346 g/mol. The van der Waals surface area contributed by atoms with Crippen LogP contribution in [0, 0.1) is 5.92 Å². The first-order valence-corrected chi connectivity index (χ1v) is 8.90. The summed E-state index contributed by atoms with van der Waals surface area (Å²) in [5.74, 6) is 0.175. The normalized spacial score (nSPS) is 29.1. The first-order valence-electron chi connectivity index (χ1n) is 6.29. The molecule has 112 valence electrons. The smallest absolute Gasteiger partial charge is 0.152 e. The summed E-state index contributed by atoms with van der Waals surface area (Å²) in [6.07, 6.45) is -0.323. The van der Waals surface area contributed by atoms with Gasteiger partial charge < -0.3 is 15.6 Å². The van der Waals surface area contributed by atoms with E-state index >= 15 is 0 Å². The lowest BCUT2D eigenvalue weighted by Crippen LogP contribution is -2.52. The molecule has 2 rings (SSSR count). The molecular formula is C13H18BrNO4S. The summed E-state index contributed by atoms with van der Waals surface area (Å²) in [7, 11) is -1.60. The van der Waals surface area contributed by atoms with Gasteiger partial charge in [0, 0.05) is 12.0 Å². The first-order chi connectivity index (χ1) is 9.32. The Morgan fingerprint density at radius 2 is 2.15 bits per heavy atom. The predicted molar refractivity (Wildman–Crippen MR) is 80.5 cm³/mol. The van der Waals surface area contributed by atoms with Crippen molar-refractivity contribution in [3.63, 3.8) is 0 Å². The van der Waals surface area contributed by atoms with E-state index in [9.17, 15) is 13.5 Å². The molecule has 3 N–H and O–H groups in total. The van der Waals surface area contributed by atoms with E-state index < -0.39 is 22.0 Å². The summed E-state index contributed by atoms with van der Waals surface area (Å²) < 4.78 is 29.5. The summed E-state index contributed by atoms with van der Waals surface area (Å²) in [6, 6.07) is 4.84. The predicted octanol–water partition coefficient (Wildman–Crippen LogP) is 0.733. The largest absolute Gasteiger partial charge is 0.496 e. The third-order valence-corrected chi connectivity index (χ3v) is 6.00. The summed E-state index contributed by atoms with van der Waals surface area (Å²) in [4.78, 5) is 0. The lowest BCUT2D eigenvalue weighted by molar-refractivity contribution is 0.0923. The second-order valence-corrected chi connectivity index (χ2v) is 8.17. The van der Waals surface area contributed by atoms with Gasteiger partial charge in [-0.3, -0.25) is 0 Å². The maximum atomic E-state index is 11.8. The minimum absolute atomic E-state index is 0.0223. The number of methoxy groups -OCH3 is 1. The van der Waals surface area contributed by atoms with Crippen LogP contribution in [0.4, 0.5) is 0 Å². The highest BCUT2D eigenvalue weighted by Gasteiger charge is 2.37. The molecule has 0 radical (unpaired) electrons. The van der Waals surface area contributed by atoms with Crippen molar-refractivity contribution in [2.75, 3.05) is 18.6 Å². The van der Waals surface area contributed by atoms with Crippen molar-refractivity contribution in [2.45, 2.75) is 18.6 Å². The molecule has 0 spiro atoms. The number of rotatable bonds is 3. The van der Waals surface area contributed by atoms with E-state index in [4.69, 9.17) is 10.5 Å². The van der Waals surface area contributed by atoms with E-state index in [0.717, 1.165) is 10.0 Å². The molecule has 0 aliphatic carbocycles. The molecule has 0 aromatic heterocycles. The van der Waals surface area contributed by atoms with Crippen molar-refractivity contribution in [3.05, 3.63) is 28.2 Å². The minimum Gasteiger partial charge on any atom is -0.496 e. The molecule has 1 heterocycles. The maximum absolute atomic E-state index is 11.8. The lowest BCUT2D eigenvalue weighted by atomic mass is 9.92. The Bertz CT molecular complexity index is 590. The molecule has 1 aliphatic rings. The van der Waals surface area contributed by atoms with Gasteiger partial charge in [-0.25, -0.2) is 8.42 Å². The standard InChI is InChI=1S/C13H18BrNO4S/c1-19-12-3-2-8(5-10(12)14)4-9-6-20(17,18)7-11(15)13(9)16/h2-3,5,9,11,13,16H,4,6-7,15H2,1H3/t9-,11+,13+/m1/s1. The van der Waals surface area contributed by atoms with Crippen molar-refractivity contribution in [1.29, 1.82) is 0 Å². The number of aliphatic hydroxyl groups excluding tert-OH is 1. The fourth-order valence-corrected chi connectivity index (χ4v) is 5.03. The Labute approximate surface area is 127 Å². The molecule has 0 unspecified atom stereocenters. The van der Waals surface area contributed by atoms with E-state index in [1.54, 1.807) is 7.11 Å². The fourth-order valence-electron chi connectivity index (χ4n) is 2.55. The zero-order valence-electron chi connectivity index (χ0n) is 11.1. The van der Waals surface area contributed by atoms with Crippen LogP contribution >= 0.6 is 15.9 Å². The molecule has 0 bridgehead atoms. The van der Waals surface area contributed by atoms with E-state index in [-0.39, 0.29) is 17.4 Å². The van der Waals surface area contributed by atoms with E-state index in [2.05, 4.69) is 15.9 Å². The van der Waals surface area contributed by atoms with Crippen LogP contribution in [0.3, 0.4) is 0 Å². The Morgan fingerprint density at radius 3 is 2.75 bits per heavy atom. The van der Waals surface area contributed by atoms with Crippen LogP contribution in [0.15, 0.2) is 22.7 Å². The number of hydrogen-bond acceptors (Lipinski definition) is 5. The molecule has 1 fully saturated rings. The van der Waals surface area contributed by atoms with Crippen molar-refractivity contribution in [1.82, 2.24) is 0 Å². The SMILES string of the molecule is COc1ccc(C[C@@H]2CS(=O)(=O)C[C@H](N)[C@H]2O)cc1Br. The minimum atomic E-state index is -3.18. The summed E-state index contributed by atoms with van der Waals surface area (Å²) in [6.45, 7) is 0. The van der Waals surface area contributed by atoms with Gasteiger partial charge in [0.2, 0.25) is 0 Å². The van der Waals surface area contributed by atoms with Gasteiger partial charge in [0.15, 0.2) is 9.84 Å². The molecule has 5 nitrogen and oxygen atoms in total. The Hall–Kier alpha value is -0.630. The topological polar surface area (TPSA) is 89.6 Å². The van der Waals surface area contributed by atoms with Crippen LogP contribution in [0.5, 0.6) is 5.75 Å². The molecule has 7 heteroatoms. The maximum Gasteiger partial charge on any atom is 0.152 e. The number of benzene rings is 1. The number of hydrogen-bond donors (Lipinski definition) is 2. The quantitative estimate of drug-likeness (QED) is 0.826. The molecule has 20 heavy (non-hydrogen) atoms. The van der Waals surface area contributed by atoms with Crippen LogP contribution in [-0.2, 0) is 16.3 Å². The average molecular weight is 364 g/mol. The van der Waals surface area contributed by atoms with Gasteiger partial charge in [0.1, 0.15) is 5.75 Å². The summed E-state index contributed by atoms with van der Waals surface area (Å²) in [5, 5.41) is 10.1. The Balaban J connectivity index is 2.18. The van der Waals surface area contributed by atoms with Crippen molar-refractivity contribution >= 4 is 25.8 Å². The van der Waals surface area contributed by atoms with Gasteiger partial charge in [-0.15, -0.1) is 0 Å². The molecule has 1 aliphatic heterocycles. The van der Waals surface area contributed by atoms with Crippen molar-refractivity contribution < 1.29 is 18.3 Å². The zero-order chi connectivity index (χ0) is 14.9. The zero-order valence-corrected chi connectivity index (χ0v) is 13.5. The Morgan fingerprint density at radius 1 is 1.45 bits per heavy atom. The van der Waals surface area contributed by atoms with Gasteiger partial charge >= 0.3 is 0 Å². The molecule has 0 saturated carbocycles. The number of sulfone groups is 1. The van der Waals surface area contributed by atoms with E-state index in [0.29, 0.717) is 12.2 Å². The van der Waals surface area contributed by atoms with Gasteiger partial charge in [-0.1, -0.05) is 6.07 Å². The second-order valence-electron chi connectivity index (χ2n) is 5.16. The van der Waals surface area contributed by atoms with E-state index in [1.807, 2.05) is 18.2 Å². The molecule has 1 saturated heterocycles. The molecule has 3 atom stereocenters. The highest BCUT2D eigenvalue weighted by atomic mass is 79.9. The number of halogens is 1. The lowest BCUT2D eigenvalue weighted by Gasteiger charge is -2.32. The second kappa shape index (κ2) is 6.01. The fraction of sp³-hybridized carbons (Fsp3) is 0.538. The van der Waals surface area contributed by atoms with Crippen molar-refractivity contribution in [2.24, 2.45) is 11.7 Å². The number of aliphatic hydroxyl groups is 1.